The zero-order valence-corrected chi connectivity index (χ0v) is 13.4. The molecule has 0 spiro atoms. The molecule has 12 N–H and O–H groups in total. The fourth-order valence-electron chi connectivity index (χ4n) is 0.385. The molecule has 0 aliphatic carbocycles. The zero-order chi connectivity index (χ0) is 19.5. The molecule has 20 heteroatoms. The standard InChI is InChI=1S/C4H5N3O.Na.3H3O4P.H/c5-3-1-2-6-4(8)7-3;;3*1-5(2,3)4;/h1-2H,(H3,5,6,7,8);;3*(H3,1,2,3,4);. The molecule has 0 unspecified atom stereocenters. The van der Waals surface area contributed by atoms with Gasteiger partial charge in [0.2, 0.25) is 0 Å². The topological polar surface area (TPSA) is 305 Å². The van der Waals surface area contributed by atoms with Gasteiger partial charge in [0.05, 0.1) is 0 Å². The van der Waals surface area contributed by atoms with Crippen LogP contribution in [-0.2, 0) is 13.7 Å². The zero-order valence-electron chi connectivity index (χ0n) is 10.7. The fourth-order valence-corrected chi connectivity index (χ4v) is 0.385. The van der Waals surface area contributed by atoms with Crippen molar-refractivity contribution in [2.45, 2.75) is 0 Å². The third kappa shape index (κ3) is 97.0. The Morgan fingerprint density at radius 2 is 1.08 bits per heavy atom. The third-order valence-electron chi connectivity index (χ3n) is 0.692. The molecule has 1 rings (SSSR count). The average molecular weight is 429 g/mol. The van der Waals surface area contributed by atoms with Crippen LogP contribution < -0.4 is 11.4 Å². The van der Waals surface area contributed by atoms with Crippen molar-refractivity contribution in [1.29, 1.82) is 0 Å². The Balaban J connectivity index is -0.000000113. The summed E-state index contributed by atoms with van der Waals surface area (Å²) < 4.78 is 26.6. The third-order valence-corrected chi connectivity index (χ3v) is 0.692. The maximum absolute atomic E-state index is 10.2. The van der Waals surface area contributed by atoms with Gasteiger partial charge in [-0.3, -0.25) is 0 Å². The number of nitrogens with one attached hydrogen (secondary N) is 1. The number of phosphoric acid groups is 3. The number of aromatic nitrogens is 2. The molecule has 0 atom stereocenters. The Bertz CT molecular complexity index is 559. The molecule has 0 amide bonds. The molecule has 0 saturated heterocycles. The molecule has 16 nitrogen and oxygen atoms in total. The molecule has 0 bridgehead atoms. The van der Waals surface area contributed by atoms with Gasteiger partial charge in [-0.25, -0.2) is 18.5 Å². The molecule has 1 aromatic rings. The summed E-state index contributed by atoms with van der Waals surface area (Å²) in [5, 5.41) is 0. The van der Waals surface area contributed by atoms with Crippen LogP contribution in [0.2, 0.25) is 0 Å². The second kappa shape index (κ2) is 14.2. The second-order valence-electron chi connectivity index (χ2n) is 2.86. The van der Waals surface area contributed by atoms with E-state index in [1.54, 1.807) is 0 Å². The van der Waals surface area contributed by atoms with Gasteiger partial charge in [-0.15, -0.1) is 0 Å². The monoisotopic (exact) mass is 429 g/mol. The molecule has 0 aromatic carbocycles. The molecule has 0 aliphatic rings. The van der Waals surface area contributed by atoms with Crippen LogP contribution in [0, 0.1) is 0 Å². The van der Waals surface area contributed by atoms with E-state index in [4.69, 9.17) is 63.5 Å². The van der Waals surface area contributed by atoms with E-state index < -0.39 is 29.2 Å². The summed E-state index contributed by atoms with van der Waals surface area (Å²) in [5.74, 6) is 0.244. The van der Waals surface area contributed by atoms with E-state index in [2.05, 4.69) is 9.97 Å². The molecule has 1 aromatic heterocycles. The predicted octanol–water partition coefficient (Wildman–Crippen LogP) is -4.08. The first-order chi connectivity index (χ1) is 9.79. The first-order valence-corrected chi connectivity index (χ1v) is 9.14. The van der Waals surface area contributed by atoms with Crippen LogP contribution in [0.25, 0.3) is 0 Å². The van der Waals surface area contributed by atoms with E-state index in [1.165, 1.54) is 12.3 Å². The Morgan fingerprint density at radius 3 is 1.21 bits per heavy atom. The average Bonchev–Trinajstić information content (AvgIpc) is 2.07. The summed E-state index contributed by atoms with van der Waals surface area (Å²) in [6, 6.07) is 1.52. The Hall–Kier alpha value is 0.01000. The minimum absolute atomic E-state index is 0. The number of aromatic amines is 1. The van der Waals surface area contributed by atoms with Crippen LogP contribution in [0.1, 0.15) is 0 Å². The van der Waals surface area contributed by atoms with Gasteiger partial charge < -0.3 is 54.8 Å². The maximum atomic E-state index is 10.2. The van der Waals surface area contributed by atoms with Gasteiger partial charge >= 0.3 is 58.7 Å². The van der Waals surface area contributed by atoms with Crippen molar-refractivity contribution in [2.24, 2.45) is 0 Å². The van der Waals surface area contributed by atoms with Crippen LogP contribution in [0.3, 0.4) is 0 Å². The van der Waals surface area contributed by atoms with E-state index in [0.29, 0.717) is 0 Å². The number of hydrogen-bond donors (Lipinski definition) is 11. The molecular weight excluding hydrogens is 414 g/mol. The van der Waals surface area contributed by atoms with E-state index in [1.807, 2.05) is 0 Å². The molecule has 0 fully saturated rings. The fraction of sp³-hybridized carbons (Fsp3) is 0. The molecule has 140 valence electrons. The number of anilines is 1. The van der Waals surface area contributed by atoms with Crippen LogP contribution in [0.5, 0.6) is 0 Å². The number of rotatable bonds is 0. The molecule has 0 saturated carbocycles. The molecular formula is C4H15N3NaO13P3. The molecule has 1 heterocycles. The molecule has 0 radical (unpaired) electrons. The summed E-state index contributed by atoms with van der Waals surface area (Å²) in [6.45, 7) is 0. The number of nitrogens with two attached hydrogens (primary N) is 1. The van der Waals surface area contributed by atoms with E-state index in [9.17, 15) is 4.79 Å². The van der Waals surface area contributed by atoms with Crippen LogP contribution >= 0.6 is 23.5 Å². The van der Waals surface area contributed by atoms with Crippen LogP contribution in [0.4, 0.5) is 5.82 Å². The van der Waals surface area contributed by atoms with Gasteiger partial charge in [0, 0.05) is 6.20 Å². The van der Waals surface area contributed by atoms with Gasteiger partial charge in [0.25, 0.3) is 0 Å². The summed E-state index contributed by atoms with van der Waals surface area (Å²) >= 11 is 0. The van der Waals surface area contributed by atoms with Crippen molar-refractivity contribution in [3.8, 4) is 0 Å². The summed E-state index contributed by atoms with van der Waals surface area (Å²) in [7, 11) is -13.9. The van der Waals surface area contributed by atoms with Gasteiger partial charge in [0.15, 0.2) is 0 Å². The first kappa shape index (κ1) is 31.7. The van der Waals surface area contributed by atoms with E-state index in [0.717, 1.165) is 0 Å². The Kier molecular flexibility index (Phi) is 18.8. The number of nitrogen functional groups attached to an aromatic ring is 1. The van der Waals surface area contributed by atoms with Crippen molar-refractivity contribution in [1.82, 2.24) is 9.97 Å². The normalized spacial score (nSPS) is 10.4. The van der Waals surface area contributed by atoms with Gasteiger partial charge in [-0.05, 0) is 6.07 Å². The van der Waals surface area contributed by atoms with Crippen LogP contribution in [-0.4, -0.2) is 83.6 Å². The summed E-state index contributed by atoms with van der Waals surface area (Å²) in [6.07, 6.45) is 1.45. The minimum atomic E-state index is -4.64. The Morgan fingerprint density at radius 1 is 0.833 bits per heavy atom. The molecule has 24 heavy (non-hydrogen) atoms. The SMILES string of the molecule is Nc1cc[nH]c(=O)n1.O=P(O)(O)O.O=P(O)(O)O.O=P(O)(O)O.[NaH]. The number of H-pyrrole nitrogens is 1. The van der Waals surface area contributed by atoms with E-state index in [-0.39, 0.29) is 35.4 Å². The quantitative estimate of drug-likeness (QED) is 0.138. The van der Waals surface area contributed by atoms with Crippen molar-refractivity contribution in [3.63, 3.8) is 0 Å². The van der Waals surface area contributed by atoms with Gasteiger partial charge in [-0.1, -0.05) is 0 Å². The predicted molar refractivity (Wildman–Crippen MR) is 79.2 cm³/mol. The van der Waals surface area contributed by atoms with Gasteiger partial charge in [-0.2, -0.15) is 4.98 Å². The second-order valence-corrected chi connectivity index (χ2v) is 5.94. The number of nitrogens with zero attached hydrogens (tertiary/aromatic N) is 1. The van der Waals surface area contributed by atoms with E-state index >= 15 is 0 Å². The van der Waals surface area contributed by atoms with Crippen molar-refractivity contribution in [3.05, 3.63) is 22.7 Å². The van der Waals surface area contributed by atoms with Gasteiger partial charge in [0.1, 0.15) is 5.82 Å². The molecule has 0 aliphatic heterocycles. The van der Waals surface area contributed by atoms with Crippen LogP contribution in [0.15, 0.2) is 17.1 Å². The Labute approximate surface area is 155 Å². The number of hydrogen-bond acceptors (Lipinski definition) is 6. The summed E-state index contributed by atoms with van der Waals surface area (Å²) in [4.78, 5) is 80.6. The first-order valence-electron chi connectivity index (χ1n) is 4.45. The van der Waals surface area contributed by atoms with Crippen molar-refractivity contribution < 1.29 is 57.7 Å². The van der Waals surface area contributed by atoms with Crippen molar-refractivity contribution in [2.75, 3.05) is 5.73 Å². The summed E-state index contributed by atoms with van der Waals surface area (Å²) in [5.41, 5.74) is 4.72. The van der Waals surface area contributed by atoms with Crippen molar-refractivity contribution >= 4 is 58.8 Å².